The van der Waals surface area contributed by atoms with Gasteiger partial charge in [-0.1, -0.05) is 24.1 Å². The first kappa shape index (κ1) is 20.2. The summed E-state index contributed by atoms with van der Waals surface area (Å²) in [5, 5.41) is 3.47. The number of pyridine rings is 1. The van der Waals surface area contributed by atoms with Crippen LogP contribution in [0.2, 0.25) is 0 Å². The third-order valence-corrected chi connectivity index (χ3v) is 5.22. The summed E-state index contributed by atoms with van der Waals surface area (Å²) in [6.45, 7) is 4.99. The Labute approximate surface area is 180 Å². The zero-order valence-electron chi connectivity index (χ0n) is 17.3. The highest BCUT2D eigenvalue weighted by Gasteiger charge is 2.15. The number of nitrogens with zero attached hydrogens (tertiary/aromatic N) is 5. The third-order valence-electron chi connectivity index (χ3n) is 4.78. The first-order valence-corrected chi connectivity index (χ1v) is 11.1. The van der Waals surface area contributed by atoms with Crippen LogP contribution in [-0.4, -0.2) is 37.3 Å². The number of anilines is 2. The van der Waals surface area contributed by atoms with Gasteiger partial charge in [-0.25, -0.2) is 15.0 Å². The smallest absolute Gasteiger partial charge is 0.166 e. The second-order valence-corrected chi connectivity index (χ2v) is 7.85. The lowest BCUT2D eigenvalue weighted by Crippen LogP contribution is -2.09. The van der Waals surface area contributed by atoms with Crippen molar-refractivity contribution in [1.29, 1.82) is 0 Å². The van der Waals surface area contributed by atoms with Crippen molar-refractivity contribution in [3.63, 3.8) is 0 Å². The highest BCUT2D eigenvalue weighted by atomic mass is 32.2. The summed E-state index contributed by atoms with van der Waals surface area (Å²) in [4.78, 5) is 18.3. The molecule has 0 amide bonds. The Bertz CT molecular complexity index is 1110. The van der Waals surface area contributed by atoms with Crippen LogP contribution in [0.4, 0.5) is 11.5 Å². The molecule has 2 N–H and O–H groups in total. The van der Waals surface area contributed by atoms with Crippen LogP contribution in [0.1, 0.15) is 25.5 Å². The van der Waals surface area contributed by atoms with Crippen LogP contribution in [0, 0.1) is 0 Å². The van der Waals surface area contributed by atoms with Gasteiger partial charge in [0, 0.05) is 42.5 Å². The number of hydrogen-bond acceptors (Lipinski definition) is 7. The van der Waals surface area contributed by atoms with Crippen LogP contribution in [0.15, 0.2) is 55.1 Å². The van der Waals surface area contributed by atoms with Crippen LogP contribution >= 0.6 is 11.9 Å². The molecule has 3 heterocycles. The highest BCUT2D eigenvalue weighted by Crippen LogP contribution is 2.25. The SMILES string of the molecule is CSNc1ccc(CCNc2nc(-c3cccnc3)nc3c2ncn3C(C)C)cc1. The average molecular weight is 420 g/mol. The lowest BCUT2D eigenvalue weighted by molar-refractivity contribution is 0.613. The molecule has 8 heteroatoms. The molecule has 0 bridgehead atoms. The van der Waals surface area contributed by atoms with Gasteiger partial charge in [-0.3, -0.25) is 4.98 Å². The van der Waals surface area contributed by atoms with Crippen molar-refractivity contribution in [1.82, 2.24) is 24.5 Å². The first-order chi connectivity index (χ1) is 14.7. The molecule has 30 heavy (non-hydrogen) atoms. The van der Waals surface area contributed by atoms with E-state index < -0.39 is 0 Å². The predicted octanol–water partition coefficient (Wildman–Crippen LogP) is 4.81. The summed E-state index contributed by atoms with van der Waals surface area (Å²) in [5.74, 6) is 1.40. The van der Waals surface area contributed by atoms with Crippen molar-refractivity contribution in [2.45, 2.75) is 26.3 Å². The number of aromatic nitrogens is 5. The van der Waals surface area contributed by atoms with E-state index >= 15 is 0 Å². The molecule has 7 nitrogen and oxygen atoms in total. The van der Waals surface area contributed by atoms with Crippen molar-refractivity contribution in [3.8, 4) is 11.4 Å². The minimum absolute atomic E-state index is 0.257. The van der Waals surface area contributed by atoms with E-state index in [4.69, 9.17) is 9.97 Å². The molecule has 4 aromatic rings. The van der Waals surface area contributed by atoms with Crippen molar-refractivity contribution in [2.24, 2.45) is 0 Å². The van der Waals surface area contributed by atoms with Crippen LogP contribution in [-0.2, 0) is 6.42 Å². The van der Waals surface area contributed by atoms with Gasteiger partial charge in [0.1, 0.15) is 5.52 Å². The molecule has 0 aliphatic heterocycles. The summed E-state index contributed by atoms with van der Waals surface area (Å²) in [6, 6.07) is 12.6. The number of fused-ring (bicyclic) bond motifs is 1. The van der Waals surface area contributed by atoms with Crippen LogP contribution in [0.5, 0.6) is 0 Å². The molecule has 0 aliphatic rings. The lowest BCUT2D eigenvalue weighted by atomic mass is 10.1. The van der Waals surface area contributed by atoms with Crippen molar-refractivity contribution in [2.75, 3.05) is 22.8 Å². The largest absolute Gasteiger partial charge is 0.368 e. The minimum Gasteiger partial charge on any atom is -0.368 e. The molecule has 0 unspecified atom stereocenters. The molecule has 0 aliphatic carbocycles. The number of hydrogen-bond donors (Lipinski definition) is 2. The van der Waals surface area contributed by atoms with E-state index in [2.05, 4.69) is 62.7 Å². The standard InChI is InChI=1S/C22H25N7S/c1-15(2)29-14-25-19-21(24-12-10-16-6-8-18(9-7-16)28-30-3)26-20(27-22(19)29)17-5-4-11-23-13-17/h4-9,11,13-15,28H,10,12H2,1-3H3,(H,24,26,27). The van der Waals surface area contributed by atoms with E-state index in [0.717, 1.165) is 41.2 Å². The van der Waals surface area contributed by atoms with Crippen molar-refractivity contribution in [3.05, 3.63) is 60.7 Å². The molecule has 154 valence electrons. The zero-order valence-corrected chi connectivity index (χ0v) is 18.1. The quantitative estimate of drug-likeness (QED) is 0.397. The van der Waals surface area contributed by atoms with Gasteiger partial charge in [0.15, 0.2) is 17.3 Å². The molecule has 0 radical (unpaired) electrons. The normalized spacial score (nSPS) is 11.2. The molecule has 1 aromatic carbocycles. The molecule has 0 fully saturated rings. The zero-order chi connectivity index (χ0) is 20.9. The first-order valence-electron chi connectivity index (χ1n) is 9.92. The summed E-state index contributed by atoms with van der Waals surface area (Å²) < 4.78 is 5.31. The Morgan fingerprint density at radius 1 is 1.10 bits per heavy atom. The van der Waals surface area contributed by atoms with Crippen LogP contribution in [0.3, 0.4) is 0 Å². The second kappa shape index (κ2) is 9.13. The van der Waals surface area contributed by atoms with E-state index in [1.54, 1.807) is 24.3 Å². The van der Waals surface area contributed by atoms with Crippen molar-refractivity contribution < 1.29 is 0 Å². The van der Waals surface area contributed by atoms with E-state index in [-0.39, 0.29) is 6.04 Å². The van der Waals surface area contributed by atoms with Crippen LogP contribution < -0.4 is 10.0 Å². The lowest BCUT2D eigenvalue weighted by Gasteiger charge is -2.11. The van der Waals surface area contributed by atoms with E-state index in [0.29, 0.717) is 5.82 Å². The second-order valence-electron chi connectivity index (χ2n) is 7.24. The van der Waals surface area contributed by atoms with Gasteiger partial charge < -0.3 is 14.6 Å². The maximum Gasteiger partial charge on any atom is 0.166 e. The Morgan fingerprint density at radius 2 is 1.93 bits per heavy atom. The average Bonchev–Trinajstić information content (AvgIpc) is 3.20. The van der Waals surface area contributed by atoms with E-state index in [1.807, 2.05) is 24.7 Å². The van der Waals surface area contributed by atoms with E-state index in [1.165, 1.54) is 5.56 Å². The summed E-state index contributed by atoms with van der Waals surface area (Å²) in [7, 11) is 0. The fraction of sp³-hybridized carbons (Fsp3) is 0.273. The minimum atomic E-state index is 0.257. The highest BCUT2D eigenvalue weighted by molar-refractivity contribution is 7.99. The number of imidazole rings is 1. The number of rotatable bonds is 8. The van der Waals surface area contributed by atoms with Gasteiger partial charge in [0.25, 0.3) is 0 Å². The Morgan fingerprint density at radius 3 is 2.63 bits per heavy atom. The molecular weight excluding hydrogens is 394 g/mol. The van der Waals surface area contributed by atoms with Gasteiger partial charge in [-0.2, -0.15) is 0 Å². The van der Waals surface area contributed by atoms with E-state index in [9.17, 15) is 0 Å². The number of benzene rings is 1. The maximum absolute atomic E-state index is 4.78. The topological polar surface area (TPSA) is 80.6 Å². The molecule has 3 aromatic heterocycles. The maximum atomic E-state index is 4.78. The Balaban J connectivity index is 1.59. The summed E-state index contributed by atoms with van der Waals surface area (Å²) in [5.41, 5.74) is 4.87. The van der Waals surface area contributed by atoms with Gasteiger partial charge >= 0.3 is 0 Å². The third kappa shape index (κ3) is 4.38. The Hall–Kier alpha value is -3.13. The monoisotopic (exact) mass is 419 g/mol. The molecule has 0 atom stereocenters. The van der Waals surface area contributed by atoms with Gasteiger partial charge in [0.2, 0.25) is 0 Å². The Kier molecular flexibility index (Phi) is 6.13. The van der Waals surface area contributed by atoms with Gasteiger partial charge in [-0.05, 0) is 50.1 Å². The fourth-order valence-electron chi connectivity index (χ4n) is 3.22. The van der Waals surface area contributed by atoms with Crippen molar-refractivity contribution >= 4 is 34.6 Å². The van der Waals surface area contributed by atoms with Crippen LogP contribution in [0.25, 0.3) is 22.6 Å². The summed E-state index contributed by atoms with van der Waals surface area (Å²) in [6.07, 6.45) is 8.27. The van der Waals surface area contributed by atoms with Gasteiger partial charge in [0.05, 0.1) is 6.33 Å². The fourth-order valence-corrected chi connectivity index (χ4v) is 3.60. The molecular formula is C22H25N7S. The van der Waals surface area contributed by atoms with Gasteiger partial charge in [-0.15, -0.1) is 0 Å². The summed E-state index contributed by atoms with van der Waals surface area (Å²) >= 11 is 1.59. The molecule has 4 rings (SSSR count). The molecule has 0 spiro atoms. The molecule has 0 saturated heterocycles. The number of nitrogens with one attached hydrogen (secondary N) is 2. The molecule has 0 saturated carbocycles. The predicted molar refractivity (Wildman–Crippen MR) is 125 cm³/mol.